The number of methoxy groups -OCH3 is 1. The summed E-state index contributed by atoms with van der Waals surface area (Å²) in [6.45, 7) is 0. The van der Waals surface area contributed by atoms with E-state index in [0.29, 0.717) is 28.2 Å². The summed E-state index contributed by atoms with van der Waals surface area (Å²) in [6, 6.07) is 13.9. The van der Waals surface area contributed by atoms with Gasteiger partial charge >= 0.3 is 5.97 Å². The lowest BCUT2D eigenvalue weighted by atomic mass is 10.1. The number of hydrogen-bond acceptors (Lipinski definition) is 5. The van der Waals surface area contributed by atoms with Crippen LogP contribution in [0.5, 0.6) is 0 Å². The minimum absolute atomic E-state index is 0.400. The topological polar surface area (TPSA) is 88.1 Å². The molecular weight excluding hydrogens is 254 g/mol. The molecule has 0 aliphatic carbocycles. The Hall–Kier alpha value is -3.00. The van der Waals surface area contributed by atoms with E-state index in [0.717, 1.165) is 0 Å². The highest BCUT2D eigenvalue weighted by atomic mass is 16.5. The van der Waals surface area contributed by atoms with Crippen molar-refractivity contribution in [2.75, 3.05) is 18.2 Å². The van der Waals surface area contributed by atoms with E-state index >= 15 is 0 Å². The van der Waals surface area contributed by atoms with Crippen molar-refractivity contribution in [2.24, 2.45) is 0 Å². The lowest BCUT2D eigenvalue weighted by Gasteiger charge is -2.12. The zero-order chi connectivity index (χ0) is 14.5. The van der Waals surface area contributed by atoms with Crippen LogP contribution in [0.4, 0.5) is 17.1 Å². The second kappa shape index (κ2) is 5.76. The molecule has 5 nitrogen and oxygen atoms in total. The van der Waals surface area contributed by atoms with Gasteiger partial charge in [-0.3, -0.25) is 0 Å². The van der Waals surface area contributed by atoms with Crippen molar-refractivity contribution >= 4 is 23.0 Å². The second-order valence-corrected chi connectivity index (χ2v) is 4.08. The SMILES string of the molecule is COC(=O)c1ccccc1Nc1cc(C#N)ccc1N. The lowest BCUT2D eigenvalue weighted by molar-refractivity contribution is 0.0602. The third-order valence-corrected chi connectivity index (χ3v) is 2.78. The first kappa shape index (κ1) is 13.4. The molecule has 0 spiro atoms. The molecule has 0 unspecified atom stereocenters. The summed E-state index contributed by atoms with van der Waals surface area (Å²) in [5.74, 6) is -0.442. The molecule has 0 aromatic heterocycles. The van der Waals surface area contributed by atoms with Crippen LogP contribution in [-0.2, 0) is 4.74 Å². The maximum absolute atomic E-state index is 11.7. The number of nitrogens with two attached hydrogens (primary N) is 1. The van der Waals surface area contributed by atoms with Crippen molar-refractivity contribution < 1.29 is 9.53 Å². The summed E-state index contributed by atoms with van der Waals surface area (Å²) < 4.78 is 4.73. The van der Waals surface area contributed by atoms with Gasteiger partial charge in [-0.1, -0.05) is 12.1 Å². The Kier molecular flexibility index (Phi) is 3.87. The molecule has 0 fully saturated rings. The number of nitriles is 1. The highest BCUT2D eigenvalue weighted by Crippen LogP contribution is 2.26. The molecule has 0 amide bonds. The molecular formula is C15H13N3O2. The normalized spacial score (nSPS) is 9.60. The van der Waals surface area contributed by atoms with Gasteiger partial charge in [-0.05, 0) is 30.3 Å². The number of nitrogen functional groups attached to an aromatic ring is 1. The van der Waals surface area contributed by atoms with Gasteiger partial charge in [0.2, 0.25) is 0 Å². The van der Waals surface area contributed by atoms with Gasteiger partial charge in [0.1, 0.15) is 0 Å². The summed E-state index contributed by atoms with van der Waals surface area (Å²) >= 11 is 0. The van der Waals surface area contributed by atoms with Crippen LogP contribution >= 0.6 is 0 Å². The van der Waals surface area contributed by atoms with Crippen LogP contribution in [0.15, 0.2) is 42.5 Å². The molecule has 0 aliphatic rings. The van der Waals surface area contributed by atoms with Crippen LogP contribution < -0.4 is 11.1 Å². The highest BCUT2D eigenvalue weighted by molar-refractivity contribution is 5.97. The summed E-state index contributed by atoms with van der Waals surface area (Å²) in [6.07, 6.45) is 0. The van der Waals surface area contributed by atoms with Crippen LogP contribution in [-0.4, -0.2) is 13.1 Å². The van der Waals surface area contributed by atoms with Crippen LogP contribution in [0, 0.1) is 11.3 Å². The number of nitrogens with one attached hydrogen (secondary N) is 1. The Bertz CT molecular complexity index is 690. The Balaban J connectivity index is 2.40. The van der Waals surface area contributed by atoms with Gasteiger partial charge in [-0.15, -0.1) is 0 Å². The molecule has 2 aromatic carbocycles. The Labute approximate surface area is 116 Å². The van der Waals surface area contributed by atoms with E-state index in [1.807, 2.05) is 6.07 Å². The number of carbonyl (C=O) groups excluding carboxylic acids is 1. The van der Waals surface area contributed by atoms with Crippen molar-refractivity contribution in [2.45, 2.75) is 0 Å². The fourth-order valence-electron chi connectivity index (χ4n) is 1.76. The Morgan fingerprint density at radius 2 is 2.00 bits per heavy atom. The summed E-state index contributed by atoms with van der Waals surface area (Å²) in [7, 11) is 1.32. The van der Waals surface area contributed by atoms with E-state index in [2.05, 4.69) is 5.32 Å². The maximum atomic E-state index is 11.7. The number of esters is 1. The average molecular weight is 267 g/mol. The number of para-hydroxylation sites is 1. The first-order valence-electron chi connectivity index (χ1n) is 5.89. The van der Waals surface area contributed by atoms with Crippen LogP contribution in [0.3, 0.4) is 0 Å². The largest absolute Gasteiger partial charge is 0.465 e. The maximum Gasteiger partial charge on any atom is 0.339 e. The number of anilines is 3. The molecule has 20 heavy (non-hydrogen) atoms. The first-order chi connectivity index (χ1) is 9.65. The molecule has 0 heterocycles. The van der Waals surface area contributed by atoms with E-state index in [-0.39, 0.29) is 0 Å². The molecule has 0 atom stereocenters. The van der Waals surface area contributed by atoms with Crippen LogP contribution in [0.1, 0.15) is 15.9 Å². The molecule has 3 N–H and O–H groups in total. The van der Waals surface area contributed by atoms with Gasteiger partial charge in [-0.2, -0.15) is 5.26 Å². The number of nitrogens with zero attached hydrogens (tertiary/aromatic N) is 1. The summed E-state index contributed by atoms with van der Waals surface area (Å²) in [4.78, 5) is 11.7. The fraction of sp³-hybridized carbons (Fsp3) is 0.0667. The van der Waals surface area contributed by atoms with Crippen molar-refractivity contribution in [1.29, 1.82) is 5.26 Å². The third kappa shape index (κ3) is 2.70. The zero-order valence-corrected chi connectivity index (χ0v) is 10.9. The number of carbonyl (C=O) groups is 1. The van der Waals surface area contributed by atoms with Crippen molar-refractivity contribution in [3.05, 3.63) is 53.6 Å². The fourth-order valence-corrected chi connectivity index (χ4v) is 1.76. The number of ether oxygens (including phenoxy) is 1. The van der Waals surface area contributed by atoms with Gasteiger partial charge in [0.25, 0.3) is 0 Å². The van der Waals surface area contributed by atoms with E-state index in [1.165, 1.54) is 7.11 Å². The second-order valence-electron chi connectivity index (χ2n) is 4.08. The first-order valence-corrected chi connectivity index (χ1v) is 5.89. The predicted octanol–water partition coefficient (Wildman–Crippen LogP) is 2.67. The lowest BCUT2D eigenvalue weighted by Crippen LogP contribution is -2.06. The zero-order valence-electron chi connectivity index (χ0n) is 10.9. The van der Waals surface area contributed by atoms with Crippen molar-refractivity contribution in [3.8, 4) is 6.07 Å². The molecule has 2 aromatic rings. The average Bonchev–Trinajstić information content (AvgIpc) is 2.49. The van der Waals surface area contributed by atoms with Crippen molar-refractivity contribution in [3.63, 3.8) is 0 Å². The summed E-state index contributed by atoms with van der Waals surface area (Å²) in [5, 5.41) is 12.0. The van der Waals surface area contributed by atoms with E-state index in [4.69, 9.17) is 15.7 Å². The molecule has 0 radical (unpaired) electrons. The van der Waals surface area contributed by atoms with E-state index in [9.17, 15) is 4.79 Å². The van der Waals surface area contributed by atoms with Gasteiger partial charge in [0.05, 0.1) is 41.4 Å². The van der Waals surface area contributed by atoms with E-state index in [1.54, 1.807) is 42.5 Å². The van der Waals surface area contributed by atoms with E-state index < -0.39 is 5.97 Å². The van der Waals surface area contributed by atoms with Crippen LogP contribution in [0.2, 0.25) is 0 Å². The Morgan fingerprint density at radius 3 is 2.70 bits per heavy atom. The summed E-state index contributed by atoms with van der Waals surface area (Å²) in [5.41, 5.74) is 8.38. The quantitative estimate of drug-likeness (QED) is 0.659. The van der Waals surface area contributed by atoms with Gasteiger partial charge in [0.15, 0.2) is 0 Å². The number of rotatable bonds is 3. The minimum atomic E-state index is -0.442. The monoisotopic (exact) mass is 267 g/mol. The number of benzene rings is 2. The number of hydrogen-bond donors (Lipinski definition) is 2. The molecule has 0 saturated carbocycles. The van der Waals surface area contributed by atoms with Gasteiger partial charge in [-0.25, -0.2) is 4.79 Å². The molecule has 5 heteroatoms. The highest BCUT2D eigenvalue weighted by Gasteiger charge is 2.12. The molecule has 2 rings (SSSR count). The standard InChI is InChI=1S/C15H13N3O2/c1-20-15(19)11-4-2-3-5-13(11)18-14-8-10(9-16)6-7-12(14)17/h2-8,18H,17H2,1H3. The molecule has 100 valence electrons. The smallest absolute Gasteiger partial charge is 0.339 e. The van der Waals surface area contributed by atoms with Gasteiger partial charge < -0.3 is 15.8 Å². The molecule has 0 aliphatic heterocycles. The third-order valence-electron chi connectivity index (χ3n) is 2.78. The van der Waals surface area contributed by atoms with Crippen molar-refractivity contribution in [1.82, 2.24) is 0 Å². The van der Waals surface area contributed by atoms with Gasteiger partial charge in [0, 0.05) is 0 Å². The Morgan fingerprint density at radius 1 is 1.25 bits per heavy atom. The van der Waals surface area contributed by atoms with Crippen LogP contribution in [0.25, 0.3) is 0 Å². The molecule has 0 bridgehead atoms. The predicted molar refractivity (Wildman–Crippen MR) is 76.6 cm³/mol. The minimum Gasteiger partial charge on any atom is -0.465 e. The molecule has 0 saturated heterocycles.